The molecular weight excluding hydrogens is 228 g/mol. The van der Waals surface area contributed by atoms with Gasteiger partial charge in [0.2, 0.25) is 0 Å². The highest BCUT2D eigenvalue weighted by Gasteiger charge is 2.73. The lowest BCUT2D eigenvalue weighted by atomic mass is 9.85. The molecule has 2 nitrogen and oxygen atoms in total. The van der Waals surface area contributed by atoms with Crippen molar-refractivity contribution < 1.29 is 31.4 Å². The molecule has 1 atom stereocenters. The maximum absolute atomic E-state index is 12.2. The van der Waals surface area contributed by atoms with E-state index in [2.05, 4.69) is 0 Å². The molecule has 0 aromatic rings. The van der Waals surface area contributed by atoms with Crippen LogP contribution < -0.4 is 5.73 Å². The molecule has 0 aliphatic carbocycles. The van der Waals surface area contributed by atoms with Crippen molar-refractivity contribution in [2.24, 2.45) is 11.7 Å². The van der Waals surface area contributed by atoms with E-state index in [1.807, 2.05) is 0 Å². The second kappa shape index (κ2) is 3.82. The van der Waals surface area contributed by atoms with E-state index in [9.17, 15) is 26.3 Å². The van der Waals surface area contributed by atoms with Crippen LogP contribution in [-0.4, -0.2) is 29.1 Å². The van der Waals surface area contributed by atoms with Gasteiger partial charge in [-0.05, 0) is 5.92 Å². The standard InChI is InChI=1S/C7H11F6NO/c1-3(2)4(14)5(15,6(8,9)10)7(11,12)13/h3-4,15H,14H2,1-2H3/t4-/m1/s1. The van der Waals surface area contributed by atoms with Gasteiger partial charge in [-0.25, -0.2) is 0 Å². The van der Waals surface area contributed by atoms with E-state index < -0.39 is 29.9 Å². The summed E-state index contributed by atoms with van der Waals surface area (Å²) in [6.45, 7) is 2.13. The minimum Gasteiger partial charge on any atom is -0.372 e. The molecule has 0 spiro atoms. The van der Waals surface area contributed by atoms with Crippen LogP contribution >= 0.6 is 0 Å². The number of alkyl halides is 6. The Labute approximate surface area is 82.1 Å². The largest absolute Gasteiger partial charge is 0.427 e. The quantitative estimate of drug-likeness (QED) is 0.722. The number of halogens is 6. The molecule has 0 heterocycles. The molecule has 0 aromatic carbocycles. The summed E-state index contributed by atoms with van der Waals surface area (Å²) in [5.41, 5.74) is -0.0896. The van der Waals surface area contributed by atoms with Crippen LogP contribution in [0.15, 0.2) is 0 Å². The second-order valence-electron chi connectivity index (χ2n) is 3.53. The predicted molar refractivity (Wildman–Crippen MR) is 39.9 cm³/mol. The summed E-state index contributed by atoms with van der Waals surface area (Å²) in [5.74, 6) is -1.17. The molecule has 0 fully saturated rings. The molecule has 0 aliphatic heterocycles. The van der Waals surface area contributed by atoms with Crippen molar-refractivity contribution in [3.63, 3.8) is 0 Å². The summed E-state index contributed by atoms with van der Waals surface area (Å²) in [6, 6.07) is -2.46. The van der Waals surface area contributed by atoms with E-state index in [0.717, 1.165) is 13.8 Å². The van der Waals surface area contributed by atoms with E-state index in [0.29, 0.717) is 0 Å². The zero-order chi connectivity index (χ0) is 12.7. The molecule has 15 heavy (non-hydrogen) atoms. The minimum absolute atomic E-state index is 1.06. The SMILES string of the molecule is CC(C)[C@@H](N)C(O)(C(F)(F)F)C(F)(F)F. The summed E-state index contributed by atoms with van der Waals surface area (Å²) in [6.07, 6.45) is -11.7. The zero-order valence-electron chi connectivity index (χ0n) is 7.95. The fourth-order valence-electron chi connectivity index (χ4n) is 1.02. The van der Waals surface area contributed by atoms with Crippen LogP contribution in [0, 0.1) is 5.92 Å². The number of hydrogen-bond acceptors (Lipinski definition) is 2. The molecule has 0 radical (unpaired) electrons. The first kappa shape index (κ1) is 14.5. The van der Waals surface area contributed by atoms with Gasteiger partial charge in [0, 0.05) is 0 Å². The molecule has 8 heteroatoms. The van der Waals surface area contributed by atoms with Crippen LogP contribution in [0.4, 0.5) is 26.3 Å². The van der Waals surface area contributed by atoms with Gasteiger partial charge in [-0.1, -0.05) is 13.8 Å². The lowest BCUT2D eigenvalue weighted by Gasteiger charge is -2.38. The Hall–Kier alpha value is -0.500. The maximum Gasteiger partial charge on any atom is 0.427 e. The third-order valence-corrected chi connectivity index (χ3v) is 2.06. The maximum atomic E-state index is 12.2. The van der Waals surface area contributed by atoms with Gasteiger partial charge in [0.05, 0.1) is 6.04 Å². The molecule has 0 saturated heterocycles. The van der Waals surface area contributed by atoms with Crippen LogP contribution in [0.3, 0.4) is 0 Å². The Morgan fingerprint density at radius 2 is 1.20 bits per heavy atom. The fraction of sp³-hybridized carbons (Fsp3) is 1.00. The highest BCUT2D eigenvalue weighted by Crippen LogP contribution is 2.45. The molecule has 0 bridgehead atoms. The third kappa shape index (κ3) is 2.36. The summed E-state index contributed by atoms with van der Waals surface area (Å²) >= 11 is 0. The van der Waals surface area contributed by atoms with Crippen molar-refractivity contribution in [1.29, 1.82) is 0 Å². The van der Waals surface area contributed by atoms with Crippen LogP contribution in [0.5, 0.6) is 0 Å². The number of nitrogens with two attached hydrogens (primary N) is 1. The molecule has 0 unspecified atom stereocenters. The third-order valence-electron chi connectivity index (χ3n) is 2.06. The van der Waals surface area contributed by atoms with E-state index in [-0.39, 0.29) is 0 Å². The molecule has 0 aromatic heterocycles. The van der Waals surface area contributed by atoms with Gasteiger partial charge < -0.3 is 10.8 Å². The van der Waals surface area contributed by atoms with E-state index >= 15 is 0 Å². The van der Waals surface area contributed by atoms with Gasteiger partial charge in [0.25, 0.3) is 5.60 Å². The Morgan fingerprint density at radius 1 is 0.933 bits per heavy atom. The Bertz CT molecular complexity index is 207. The van der Waals surface area contributed by atoms with Crippen LogP contribution in [0.25, 0.3) is 0 Å². The Balaban J connectivity index is 5.43. The zero-order valence-corrected chi connectivity index (χ0v) is 7.95. The van der Waals surface area contributed by atoms with Crippen molar-refractivity contribution in [3.8, 4) is 0 Å². The summed E-state index contributed by atoms with van der Waals surface area (Å²) < 4.78 is 73.0. The van der Waals surface area contributed by atoms with Crippen LogP contribution in [0.2, 0.25) is 0 Å². The average Bonchev–Trinajstić information content (AvgIpc) is 1.96. The summed E-state index contributed by atoms with van der Waals surface area (Å²) in [5, 5.41) is 8.75. The van der Waals surface area contributed by atoms with Gasteiger partial charge in [-0.3, -0.25) is 0 Å². The monoisotopic (exact) mass is 239 g/mol. The van der Waals surface area contributed by atoms with Gasteiger partial charge >= 0.3 is 12.4 Å². The van der Waals surface area contributed by atoms with Crippen LogP contribution in [-0.2, 0) is 0 Å². The second-order valence-corrected chi connectivity index (χ2v) is 3.53. The molecule has 0 amide bonds. The lowest BCUT2D eigenvalue weighted by molar-refractivity contribution is -0.376. The molecule has 3 N–H and O–H groups in total. The summed E-state index contributed by atoms with van der Waals surface area (Å²) in [7, 11) is 0. The van der Waals surface area contributed by atoms with Crippen molar-refractivity contribution in [2.75, 3.05) is 0 Å². The van der Waals surface area contributed by atoms with Crippen molar-refractivity contribution in [3.05, 3.63) is 0 Å². The van der Waals surface area contributed by atoms with E-state index in [1.54, 1.807) is 0 Å². The van der Waals surface area contributed by atoms with Crippen molar-refractivity contribution in [1.82, 2.24) is 0 Å². The highest BCUT2D eigenvalue weighted by molar-refractivity contribution is 5.02. The Morgan fingerprint density at radius 3 is 1.27 bits per heavy atom. The Kier molecular flexibility index (Phi) is 3.69. The molecule has 0 rings (SSSR count). The van der Waals surface area contributed by atoms with E-state index in [1.165, 1.54) is 0 Å². The van der Waals surface area contributed by atoms with Gasteiger partial charge in [0.15, 0.2) is 0 Å². The molecule has 0 aliphatic rings. The normalized spacial score (nSPS) is 17.0. The van der Waals surface area contributed by atoms with Crippen molar-refractivity contribution in [2.45, 2.75) is 37.8 Å². The topological polar surface area (TPSA) is 46.2 Å². The molecular formula is C7H11F6NO. The predicted octanol–water partition coefficient (Wildman–Crippen LogP) is 1.83. The minimum atomic E-state index is -5.85. The van der Waals surface area contributed by atoms with Gasteiger partial charge in [0.1, 0.15) is 0 Å². The van der Waals surface area contributed by atoms with Crippen LogP contribution in [0.1, 0.15) is 13.8 Å². The molecule has 92 valence electrons. The molecule has 0 saturated carbocycles. The first-order chi connectivity index (χ1) is 6.35. The summed E-state index contributed by atoms with van der Waals surface area (Å²) in [4.78, 5) is 0. The van der Waals surface area contributed by atoms with Gasteiger partial charge in [-0.15, -0.1) is 0 Å². The number of hydrogen-bond donors (Lipinski definition) is 2. The lowest BCUT2D eigenvalue weighted by Crippen LogP contribution is -2.68. The number of rotatable bonds is 2. The smallest absolute Gasteiger partial charge is 0.372 e. The highest BCUT2D eigenvalue weighted by atomic mass is 19.4. The first-order valence-electron chi connectivity index (χ1n) is 3.97. The van der Waals surface area contributed by atoms with E-state index in [4.69, 9.17) is 10.8 Å². The fourth-order valence-corrected chi connectivity index (χ4v) is 1.02. The average molecular weight is 239 g/mol. The number of aliphatic hydroxyl groups is 1. The van der Waals surface area contributed by atoms with Gasteiger partial charge in [-0.2, -0.15) is 26.3 Å². The van der Waals surface area contributed by atoms with Crippen molar-refractivity contribution >= 4 is 0 Å². The first-order valence-corrected chi connectivity index (χ1v) is 3.97.